The Balaban J connectivity index is 0.000000791. The summed E-state index contributed by atoms with van der Waals surface area (Å²) in [7, 11) is 0. The van der Waals surface area contributed by atoms with Crippen LogP contribution in [0.3, 0.4) is 0 Å². The van der Waals surface area contributed by atoms with Gasteiger partial charge in [0, 0.05) is 6.20 Å². The van der Waals surface area contributed by atoms with E-state index in [1.54, 1.807) is 20.0 Å². The molecule has 1 aromatic rings. The maximum atomic E-state index is 9.64. The molecule has 0 radical (unpaired) electrons. The van der Waals surface area contributed by atoms with Crippen LogP contribution in [0.5, 0.6) is 0 Å². The Kier molecular flexibility index (Phi) is 4.78. The lowest BCUT2D eigenvalue weighted by Gasteiger charge is -2.17. The zero-order valence-electron chi connectivity index (χ0n) is 10.0. The molecule has 0 aliphatic heterocycles. The van der Waals surface area contributed by atoms with Crippen molar-refractivity contribution in [3.63, 3.8) is 0 Å². The summed E-state index contributed by atoms with van der Waals surface area (Å²) in [6.07, 6.45) is 1.79. The second kappa shape index (κ2) is 5.11. The van der Waals surface area contributed by atoms with Gasteiger partial charge < -0.3 is 5.11 Å². The summed E-state index contributed by atoms with van der Waals surface area (Å²) < 4.78 is 0. The number of aliphatic hydroxyl groups is 1. The molecule has 0 spiro atoms. The van der Waals surface area contributed by atoms with Gasteiger partial charge in [0.2, 0.25) is 0 Å². The summed E-state index contributed by atoms with van der Waals surface area (Å²) in [6.45, 7) is 11.5. The van der Waals surface area contributed by atoms with Gasteiger partial charge in [-0.05, 0) is 44.9 Å². The summed E-state index contributed by atoms with van der Waals surface area (Å²) in [5.74, 6) is 0. The Morgan fingerprint density at radius 1 is 1.14 bits per heavy atom. The maximum absolute atomic E-state index is 9.64. The van der Waals surface area contributed by atoms with Crippen LogP contribution in [0.1, 0.15) is 44.5 Å². The second-order valence-corrected chi connectivity index (χ2v) is 3.71. The lowest BCUT2D eigenvalue weighted by Crippen LogP contribution is -2.17. The lowest BCUT2D eigenvalue weighted by molar-refractivity contribution is 0.0737. The molecule has 2 nitrogen and oxygen atoms in total. The van der Waals surface area contributed by atoms with Crippen molar-refractivity contribution < 1.29 is 5.11 Å². The van der Waals surface area contributed by atoms with E-state index in [0.717, 1.165) is 11.3 Å². The number of aromatic nitrogens is 1. The third-order valence-corrected chi connectivity index (χ3v) is 2.00. The molecule has 2 heteroatoms. The van der Waals surface area contributed by atoms with Gasteiger partial charge in [-0.15, -0.1) is 0 Å². The molecule has 1 aromatic heterocycles. The van der Waals surface area contributed by atoms with E-state index in [-0.39, 0.29) is 0 Å². The van der Waals surface area contributed by atoms with E-state index in [1.807, 2.05) is 33.8 Å². The average Bonchev–Trinajstić information content (AvgIpc) is 2.11. The third-order valence-electron chi connectivity index (χ3n) is 2.00. The fourth-order valence-electron chi connectivity index (χ4n) is 0.959. The quantitative estimate of drug-likeness (QED) is 0.747. The van der Waals surface area contributed by atoms with Gasteiger partial charge in [0.25, 0.3) is 0 Å². The molecule has 0 atom stereocenters. The van der Waals surface area contributed by atoms with Crippen LogP contribution < -0.4 is 0 Å². The minimum absolute atomic E-state index is 0.727. The number of hydrogen-bond acceptors (Lipinski definition) is 2. The van der Waals surface area contributed by atoms with Gasteiger partial charge in [-0.3, -0.25) is 4.98 Å². The molecule has 0 aliphatic rings. The van der Waals surface area contributed by atoms with Crippen molar-refractivity contribution in [2.45, 2.75) is 47.1 Å². The minimum atomic E-state index is -0.835. The molecule has 1 N–H and O–H groups in total. The molecule has 0 aliphatic carbocycles. The first-order valence-corrected chi connectivity index (χ1v) is 5.07. The first kappa shape index (κ1) is 13.1. The highest BCUT2D eigenvalue weighted by atomic mass is 16.3. The van der Waals surface area contributed by atoms with Gasteiger partial charge in [0.15, 0.2) is 0 Å². The fourth-order valence-corrected chi connectivity index (χ4v) is 0.959. The summed E-state index contributed by atoms with van der Waals surface area (Å²) >= 11 is 0. The monoisotopic (exact) mass is 195 g/mol. The Labute approximate surface area is 87.0 Å². The number of aryl methyl sites for hydroxylation is 2. The van der Waals surface area contributed by atoms with Crippen LogP contribution in [0, 0.1) is 13.8 Å². The standard InChI is InChI=1S/C10H15NO.C2H6/c1-7-5-9(10(3,4)12)11-6-8(7)2;1-2/h5-6,12H,1-4H3;1-2H3. The fraction of sp³-hybridized carbons (Fsp3) is 0.583. The van der Waals surface area contributed by atoms with E-state index in [4.69, 9.17) is 0 Å². The largest absolute Gasteiger partial charge is 0.384 e. The second-order valence-electron chi connectivity index (χ2n) is 3.71. The van der Waals surface area contributed by atoms with E-state index < -0.39 is 5.60 Å². The summed E-state index contributed by atoms with van der Waals surface area (Å²) in [5.41, 5.74) is 2.22. The van der Waals surface area contributed by atoms with Gasteiger partial charge in [0.05, 0.1) is 5.69 Å². The highest BCUT2D eigenvalue weighted by Crippen LogP contribution is 2.18. The molecule has 0 bridgehead atoms. The topological polar surface area (TPSA) is 33.1 Å². The number of pyridine rings is 1. The Morgan fingerprint density at radius 2 is 1.64 bits per heavy atom. The van der Waals surface area contributed by atoms with E-state index >= 15 is 0 Å². The van der Waals surface area contributed by atoms with Crippen LogP contribution in [-0.2, 0) is 5.60 Å². The molecule has 0 aromatic carbocycles. The summed E-state index contributed by atoms with van der Waals surface area (Å²) in [5, 5.41) is 9.64. The molecule has 1 rings (SSSR count). The van der Waals surface area contributed by atoms with Gasteiger partial charge in [0.1, 0.15) is 5.60 Å². The van der Waals surface area contributed by atoms with Crippen molar-refractivity contribution >= 4 is 0 Å². The van der Waals surface area contributed by atoms with Crippen LogP contribution in [0.25, 0.3) is 0 Å². The van der Waals surface area contributed by atoms with Crippen LogP contribution in [-0.4, -0.2) is 10.1 Å². The maximum Gasteiger partial charge on any atom is 0.101 e. The third kappa shape index (κ3) is 3.46. The van der Waals surface area contributed by atoms with Gasteiger partial charge in [-0.25, -0.2) is 0 Å². The van der Waals surface area contributed by atoms with E-state index in [2.05, 4.69) is 4.98 Å². The van der Waals surface area contributed by atoms with E-state index in [9.17, 15) is 5.11 Å². The van der Waals surface area contributed by atoms with Crippen molar-refractivity contribution in [2.75, 3.05) is 0 Å². The van der Waals surface area contributed by atoms with Crippen molar-refractivity contribution in [3.05, 3.63) is 29.1 Å². The average molecular weight is 195 g/mol. The smallest absolute Gasteiger partial charge is 0.101 e. The van der Waals surface area contributed by atoms with Crippen LogP contribution in [0.4, 0.5) is 0 Å². The molecule has 0 unspecified atom stereocenters. The van der Waals surface area contributed by atoms with Crippen molar-refractivity contribution in [2.24, 2.45) is 0 Å². The van der Waals surface area contributed by atoms with Gasteiger partial charge in [-0.2, -0.15) is 0 Å². The normalized spacial score (nSPS) is 10.5. The van der Waals surface area contributed by atoms with Crippen LogP contribution in [0.15, 0.2) is 12.3 Å². The van der Waals surface area contributed by atoms with Crippen molar-refractivity contribution in [1.82, 2.24) is 4.98 Å². The highest BCUT2D eigenvalue weighted by molar-refractivity contribution is 5.25. The molecular weight excluding hydrogens is 174 g/mol. The van der Waals surface area contributed by atoms with Gasteiger partial charge >= 0.3 is 0 Å². The zero-order valence-corrected chi connectivity index (χ0v) is 10.0. The lowest BCUT2D eigenvalue weighted by atomic mass is 10.0. The Bertz CT molecular complexity index is 287. The molecule has 0 fully saturated rings. The molecule has 1 heterocycles. The van der Waals surface area contributed by atoms with Crippen molar-refractivity contribution in [3.8, 4) is 0 Å². The van der Waals surface area contributed by atoms with Gasteiger partial charge in [-0.1, -0.05) is 13.8 Å². The van der Waals surface area contributed by atoms with Crippen molar-refractivity contribution in [1.29, 1.82) is 0 Å². The molecule has 0 saturated heterocycles. The number of hydrogen-bond donors (Lipinski definition) is 1. The predicted molar refractivity (Wildman–Crippen MR) is 60.3 cm³/mol. The summed E-state index contributed by atoms with van der Waals surface area (Å²) in [4.78, 5) is 4.16. The van der Waals surface area contributed by atoms with Crippen LogP contribution in [0.2, 0.25) is 0 Å². The SMILES string of the molecule is CC.Cc1cnc(C(C)(C)O)cc1C. The number of nitrogens with zero attached hydrogens (tertiary/aromatic N) is 1. The molecule has 0 amide bonds. The first-order valence-electron chi connectivity index (χ1n) is 5.07. The molecule has 0 saturated carbocycles. The number of rotatable bonds is 1. The first-order chi connectivity index (χ1) is 6.41. The summed E-state index contributed by atoms with van der Waals surface area (Å²) in [6, 6.07) is 1.93. The molecule has 14 heavy (non-hydrogen) atoms. The van der Waals surface area contributed by atoms with E-state index in [1.165, 1.54) is 5.56 Å². The molecular formula is C12H21NO. The van der Waals surface area contributed by atoms with Crippen LogP contribution >= 0.6 is 0 Å². The Hall–Kier alpha value is -0.890. The zero-order chi connectivity index (χ0) is 11.4. The van der Waals surface area contributed by atoms with E-state index in [0.29, 0.717) is 0 Å². The highest BCUT2D eigenvalue weighted by Gasteiger charge is 2.17. The minimum Gasteiger partial charge on any atom is -0.384 e. The molecule has 80 valence electrons. The predicted octanol–water partition coefficient (Wildman–Crippen LogP) is 2.95. The Morgan fingerprint density at radius 3 is 2.00 bits per heavy atom.